The number of aliphatic hydroxyl groups excluding tert-OH is 1. The molecule has 1 aliphatic carbocycles. The van der Waals surface area contributed by atoms with Gasteiger partial charge in [0.05, 0.1) is 0 Å². The second kappa shape index (κ2) is 5.23. The summed E-state index contributed by atoms with van der Waals surface area (Å²) in [6.45, 7) is 3.58. The van der Waals surface area contributed by atoms with Crippen LogP contribution >= 0.6 is 11.3 Å². The maximum Gasteiger partial charge on any atom is 0.0436 e. The van der Waals surface area contributed by atoms with Crippen LogP contribution in [0, 0.1) is 5.41 Å². The highest BCUT2D eigenvalue weighted by molar-refractivity contribution is 7.19. The van der Waals surface area contributed by atoms with Gasteiger partial charge in [0, 0.05) is 28.8 Å². The zero-order chi connectivity index (χ0) is 13.3. The Morgan fingerprint density at radius 2 is 2.16 bits per heavy atom. The van der Waals surface area contributed by atoms with E-state index in [4.69, 9.17) is 5.11 Å². The lowest BCUT2D eigenvalue weighted by atomic mass is 10.0. The molecule has 102 valence electrons. The van der Waals surface area contributed by atoms with E-state index in [1.54, 1.807) is 0 Å². The topological polar surface area (TPSA) is 32.3 Å². The van der Waals surface area contributed by atoms with Crippen LogP contribution in [0.1, 0.15) is 37.1 Å². The first-order valence-electron chi connectivity index (χ1n) is 7.05. The first kappa shape index (κ1) is 13.1. The van der Waals surface area contributed by atoms with Gasteiger partial charge in [-0.2, -0.15) is 0 Å². The first-order chi connectivity index (χ1) is 9.22. The SMILES string of the molecule is CC(NCC1(CCO)CC1)c1cc2ccccc2s1. The Balaban J connectivity index is 1.65. The van der Waals surface area contributed by atoms with Crippen LogP contribution in [0.2, 0.25) is 0 Å². The van der Waals surface area contributed by atoms with Gasteiger partial charge in [-0.3, -0.25) is 0 Å². The Bertz CT molecular complexity index is 526. The van der Waals surface area contributed by atoms with Crippen LogP contribution in [0.5, 0.6) is 0 Å². The third kappa shape index (κ3) is 2.83. The van der Waals surface area contributed by atoms with Gasteiger partial charge in [-0.15, -0.1) is 11.3 Å². The van der Waals surface area contributed by atoms with E-state index in [0.29, 0.717) is 18.1 Å². The Labute approximate surface area is 118 Å². The second-order valence-electron chi connectivity index (χ2n) is 5.76. The van der Waals surface area contributed by atoms with Gasteiger partial charge < -0.3 is 10.4 Å². The Hall–Kier alpha value is -0.900. The maximum atomic E-state index is 9.09. The summed E-state index contributed by atoms with van der Waals surface area (Å²) in [6.07, 6.45) is 3.47. The Morgan fingerprint density at radius 3 is 2.84 bits per heavy atom. The maximum absolute atomic E-state index is 9.09. The van der Waals surface area contributed by atoms with Crippen molar-refractivity contribution in [1.29, 1.82) is 0 Å². The molecule has 1 unspecified atom stereocenters. The number of rotatable bonds is 6. The van der Waals surface area contributed by atoms with Gasteiger partial charge in [0.15, 0.2) is 0 Å². The van der Waals surface area contributed by atoms with Gasteiger partial charge in [0.25, 0.3) is 0 Å². The van der Waals surface area contributed by atoms with Gasteiger partial charge in [-0.25, -0.2) is 0 Å². The third-order valence-electron chi connectivity index (χ3n) is 4.25. The lowest BCUT2D eigenvalue weighted by Crippen LogP contribution is -2.27. The number of hydrogen-bond donors (Lipinski definition) is 2. The molecular weight excluding hydrogens is 254 g/mol. The molecule has 2 N–H and O–H groups in total. The van der Waals surface area contributed by atoms with Crippen molar-refractivity contribution in [2.24, 2.45) is 5.41 Å². The molecule has 2 aromatic rings. The van der Waals surface area contributed by atoms with Crippen LogP contribution in [0.3, 0.4) is 0 Å². The van der Waals surface area contributed by atoms with Crippen LogP contribution in [0.4, 0.5) is 0 Å². The molecule has 1 saturated carbocycles. The Kier molecular flexibility index (Phi) is 3.61. The van der Waals surface area contributed by atoms with Gasteiger partial charge in [-0.05, 0) is 49.1 Å². The zero-order valence-electron chi connectivity index (χ0n) is 11.4. The highest BCUT2D eigenvalue weighted by atomic mass is 32.1. The van der Waals surface area contributed by atoms with E-state index in [9.17, 15) is 0 Å². The molecule has 1 heterocycles. The molecule has 0 spiro atoms. The molecule has 0 aliphatic heterocycles. The van der Waals surface area contributed by atoms with E-state index in [-0.39, 0.29) is 0 Å². The fourth-order valence-corrected chi connectivity index (χ4v) is 3.71. The summed E-state index contributed by atoms with van der Waals surface area (Å²) in [5.74, 6) is 0. The number of thiophene rings is 1. The molecule has 1 aromatic carbocycles. The summed E-state index contributed by atoms with van der Waals surface area (Å²) in [7, 11) is 0. The number of nitrogens with one attached hydrogen (secondary N) is 1. The molecule has 1 atom stereocenters. The van der Waals surface area contributed by atoms with Crippen LogP contribution in [-0.4, -0.2) is 18.3 Å². The molecule has 1 aromatic heterocycles. The lowest BCUT2D eigenvalue weighted by Gasteiger charge is -2.18. The normalized spacial score (nSPS) is 18.6. The number of fused-ring (bicyclic) bond motifs is 1. The molecule has 1 fully saturated rings. The van der Waals surface area contributed by atoms with Gasteiger partial charge in [-0.1, -0.05) is 18.2 Å². The van der Waals surface area contributed by atoms with Crippen LogP contribution < -0.4 is 5.32 Å². The van der Waals surface area contributed by atoms with Crippen LogP contribution in [0.25, 0.3) is 10.1 Å². The minimum absolute atomic E-state index is 0.318. The summed E-state index contributed by atoms with van der Waals surface area (Å²) in [5, 5.41) is 14.1. The van der Waals surface area contributed by atoms with Crippen molar-refractivity contribution in [3.63, 3.8) is 0 Å². The summed E-state index contributed by atoms with van der Waals surface area (Å²) in [5.41, 5.74) is 0.389. The van der Waals surface area contributed by atoms with E-state index >= 15 is 0 Å². The van der Waals surface area contributed by atoms with Gasteiger partial charge in [0.2, 0.25) is 0 Å². The molecule has 0 radical (unpaired) electrons. The number of benzene rings is 1. The number of aliphatic hydroxyl groups is 1. The van der Waals surface area contributed by atoms with Gasteiger partial charge in [0.1, 0.15) is 0 Å². The average molecular weight is 275 g/mol. The van der Waals surface area contributed by atoms with E-state index < -0.39 is 0 Å². The van der Waals surface area contributed by atoms with Crippen molar-refractivity contribution in [3.8, 4) is 0 Å². The first-order valence-corrected chi connectivity index (χ1v) is 7.87. The monoisotopic (exact) mass is 275 g/mol. The van der Waals surface area contributed by atoms with E-state index in [1.807, 2.05) is 11.3 Å². The van der Waals surface area contributed by atoms with Crippen molar-refractivity contribution in [2.75, 3.05) is 13.2 Å². The van der Waals surface area contributed by atoms with Crippen molar-refractivity contribution in [3.05, 3.63) is 35.2 Å². The minimum Gasteiger partial charge on any atom is -0.396 e. The average Bonchev–Trinajstić information content (AvgIpc) is 3.04. The third-order valence-corrected chi connectivity index (χ3v) is 5.55. The van der Waals surface area contributed by atoms with E-state index in [2.05, 4.69) is 42.6 Å². The molecule has 0 amide bonds. The largest absolute Gasteiger partial charge is 0.396 e. The predicted molar refractivity (Wildman–Crippen MR) is 81.6 cm³/mol. The smallest absolute Gasteiger partial charge is 0.0436 e. The molecule has 1 aliphatic rings. The summed E-state index contributed by atoms with van der Waals surface area (Å²) in [4.78, 5) is 1.40. The van der Waals surface area contributed by atoms with Crippen molar-refractivity contribution >= 4 is 21.4 Å². The van der Waals surface area contributed by atoms with Crippen molar-refractivity contribution < 1.29 is 5.11 Å². The highest BCUT2D eigenvalue weighted by Crippen LogP contribution is 2.48. The molecule has 3 heteroatoms. The molecule has 19 heavy (non-hydrogen) atoms. The second-order valence-corrected chi connectivity index (χ2v) is 6.88. The van der Waals surface area contributed by atoms with Gasteiger partial charge >= 0.3 is 0 Å². The standard InChI is InChI=1S/C16H21NOS/c1-12(17-11-16(6-7-16)8-9-18)15-10-13-4-2-3-5-14(13)19-15/h2-5,10,12,17-18H,6-9,11H2,1H3. The van der Waals surface area contributed by atoms with Crippen molar-refractivity contribution in [2.45, 2.75) is 32.2 Å². The van der Waals surface area contributed by atoms with Crippen LogP contribution in [0.15, 0.2) is 30.3 Å². The number of hydrogen-bond acceptors (Lipinski definition) is 3. The molecule has 2 nitrogen and oxygen atoms in total. The van der Waals surface area contributed by atoms with Crippen molar-refractivity contribution in [1.82, 2.24) is 5.32 Å². The summed E-state index contributed by atoms with van der Waals surface area (Å²) in [6, 6.07) is 11.2. The summed E-state index contributed by atoms with van der Waals surface area (Å²) < 4.78 is 1.36. The quantitative estimate of drug-likeness (QED) is 0.842. The van der Waals surface area contributed by atoms with Crippen LogP contribution in [-0.2, 0) is 0 Å². The molecule has 0 bridgehead atoms. The van der Waals surface area contributed by atoms with E-state index in [0.717, 1.165) is 13.0 Å². The fourth-order valence-electron chi connectivity index (χ4n) is 2.62. The van der Waals surface area contributed by atoms with E-state index in [1.165, 1.54) is 27.8 Å². The predicted octanol–water partition coefficient (Wildman–Crippen LogP) is 3.71. The summed E-state index contributed by atoms with van der Waals surface area (Å²) >= 11 is 1.88. The lowest BCUT2D eigenvalue weighted by molar-refractivity contribution is 0.243. The highest BCUT2D eigenvalue weighted by Gasteiger charge is 2.41. The Morgan fingerprint density at radius 1 is 1.37 bits per heavy atom. The molecule has 3 rings (SSSR count). The molecular formula is C16H21NOS. The zero-order valence-corrected chi connectivity index (χ0v) is 12.2. The minimum atomic E-state index is 0.318. The molecule has 0 saturated heterocycles. The fraction of sp³-hybridized carbons (Fsp3) is 0.500.